The third-order valence-electron chi connectivity index (χ3n) is 6.15. The minimum atomic E-state index is -0.0668. The highest BCUT2D eigenvalue weighted by Crippen LogP contribution is 2.30. The van der Waals surface area contributed by atoms with E-state index in [1.807, 2.05) is 78.6 Å². The van der Waals surface area contributed by atoms with Crippen molar-refractivity contribution in [3.8, 4) is 5.75 Å². The van der Waals surface area contributed by atoms with Gasteiger partial charge in [-0.15, -0.1) is 0 Å². The summed E-state index contributed by atoms with van der Waals surface area (Å²) in [7, 11) is 1.64. The Balaban J connectivity index is 1.40. The van der Waals surface area contributed by atoms with Crippen molar-refractivity contribution in [3.63, 3.8) is 0 Å². The highest BCUT2D eigenvalue weighted by molar-refractivity contribution is 6.08. The number of likely N-dealkylation sites (tertiary alicyclic amines) is 1. The summed E-state index contributed by atoms with van der Waals surface area (Å²) in [5.41, 5.74) is 1.77. The van der Waals surface area contributed by atoms with Crippen molar-refractivity contribution in [1.82, 2.24) is 10.2 Å². The highest BCUT2D eigenvalue weighted by atomic mass is 16.5. The fraction of sp³-hybridized carbons (Fsp3) is 0.308. The molecule has 1 aliphatic rings. The van der Waals surface area contributed by atoms with Crippen LogP contribution in [0.25, 0.3) is 10.8 Å². The van der Waals surface area contributed by atoms with E-state index in [2.05, 4.69) is 5.32 Å². The number of benzene rings is 3. The molecule has 0 spiro atoms. The summed E-state index contributed by atoms with van der Waals surface area (Å²) in [4.78, 5) is 27.8. The first kappa shape index (κ1) is 20.9. The molecule has 0 saturated carbocycles. The van der Waals surface area contributed by atoms with Crippen molar-refractivity contribution in [1.29, 1.82) is 0 Å². The van der Waals surface area contributed by atoms with E-state index in [9.17, 15) is 9.59 Å². The van der Waals surface area contributed by atoms with Gasteiger partial charge in [-0.3, -0.25) is 9.59 Å². The Hall–Kier alpha value is -3.34. The molecule has 31 heavy (non-hydrogen) atoms. The van der Waals surface area contributed by atoms with E-state index in [0.717, 1.165) is 22.1 Å². The molecule has 160 valence electrons. The zero-order chi connectivity index (χ0) is 21.8. The van der Waals surface area contributed by atoms with Gasteiger partial charge in [-0.25, -0.2) is 0 Å². The van der Waals surface area contributed by atoms with Gasteiger partial charge in [-0.2, -0.15) is 0 Å². The quantitative estimate of drug-likeness (QED) is 0.662. The van der Waals surface area contributed by atoms with Crippen LogP contribution >= 0.6 is 0 Å². The van der Waals surface area contributed by atoms with Gasteiger partial charge >= 0.3 is 0 Å². The fourth-order valence-corrected chi connectivity index (χ4v) is 4.31. The Morgan fingerprint density at radius 1 is 0.935 bits per heavy atom. The molecular formula is C26H28N2O3. The van der Waals surface area contributed by atoms with Crippen LogP contribution in [0, 0.1) is 5.92 Å². The lowest BCUT2D eigenvalue weighted by Crippen LogP contribution is -2.43. The fourth-order valence-electron chi connectivity index (χ4n) is 4.31. The number of carbonyl (C=O) groups is 2. The maximum atomic E-state index is 13.2. The molecule has 0 bridgehead atoms. The maximum absolute atomic E-state index is 13.2. The molecule has 0 aliphatic carbocycles. The Labute approximate surface area is 183 Å². The molecule has 1 aliphatic heterocycles. The molecule has 1 N–H and O–H groups in total. The number of hydrogen-bond acceptors (Lipinski definition) is 3. The van der Waals surface area contributed by atoms with Crippen LogP contribution in [0.5, 0.6) is 5.75 Å². The smallest absolute Gasteiger partial charge is 0.254 e. The Morgan fingerprint density at radius 3 is 2.26 bits per heavy atom. The molecule has 1 heterocycles. The Morgan fingerprint density at radius 2 is 1.58 bits per heavy atom. The van der Waals surface area contributed by atoms with Gasteiger partial charge in [0.05, 0.1) is 13.2 Å². The molecule has 1 atom stereocenters. The molecule has 2 amide bonds. The largest absolute Gasteiger partial charge is 0.496 e. The van der Waals surface area contributed by atoms with Gasteiger partial charge in [0, 0.05) is 30.0 Å². The first-order valence-electron chi connectivity index (χ1n) is 10.8. The van der Waals surface area contributed by atoms with Crippen molar-refractivity contribution < 1.29 is 14.3 Å². The highest BCUT2D eigenvalue weighted by Gasteiger charge is 2.29. The maximum Gasteiger partial charge on any atom is 0.254 e. The number of fused-ring (bicyclic) bond motifs is 1. The van der Waals surface area contributed by atoms with Crippen LogP contribution < -0.4 is 10.1 Å². The van der Waals surface area contributed by atoms with Crippen molar-refractivity contribution in [2.75, 3.05) is 20.2 Å². The second-order valence-corrected chi connectivity index (χ2v) is 8.07. The second kappa shape index (κ2) is 9.21. The lowest BCUT2D eigenvalue weighted by molar-refractivity contribution is -0.126. The van der Waals surface area contributed by atoms with Gasteiger partial charge in [-0.05, 0) is 42.8 Å². The normalized spacial score (nSPS) is 15.5. The Bertz CT molecular complexity index is 1070. The van der Waals surface area contributed by atoms with E-state index < -0.39 is 0 Å². The standard InChI is InChI=1S/C26H28N2O3/c1-18(19-8-4-3-5-9-19)27-25(29)20-14-16-28(17-15-20)26(30)23-12-13-24(31-2)22-11-7-6-10-21(22)23/h3-13,18,20H,14-17H2,1-2H3,(H,27,29). The van der Waals surface area contributed by atoms with Gasteiger partial charge in [0.25, 0.3) is 5.91 Å². The predicted octanol–water partition coefficient (Wildman–Crippen LogP) is 4.58. The number of piperidine rings is 1. The molecule has 0 radical (unpaired) electrons. The molecule has 1 unspecified atom stereocenters. The van der Waals surface area contributed by atoms with Crippen LogP contribution in [0.15, 0.2) is 66.7 Å². The topological polar surface area (TPSA) is 58.6 Å². The molecule has 3 aromatic carbocycles. The summed E-state index contributed by atoms with van der Waals surface area (Å²) in [5, 5.41) is 4.94. The molecule has 1 fully saturated rings. The summed E-state index contributed by atoms with van der Waals surface area (Å²) in [6.45, 7) is 3.16. The van der Waals surface area contributed by atoms with E-state index >= 15 is 0 Å². The zero-order valence-electron chi connectivity index (χ0n) is 18.0. The van der Waals surface area contributed by atoms with Crippen LogP contribution in [0.4, 0.5) is 0 Å². The number of carbonyl (C=O) groups excluding carboxylic acids is 2. The average Bonchev–Trinajstić information content (AvgIpc) is 2.83. The summed E-state index contributed by atoms with van der Waals surface area (Å²) in [5.74, 6) is 0.770. The number of nitrogens with zero attached hydrogens (tertiary/aromatic N) is 1. The van der Waals surface area contributed by atoms with Gasteiger partial charge < -0.3 is 15.0 Å². The first-order chi connectivity index (χ1) is 15.1. The first-order valence-corrected chi connectivity index (χ1v) is 10.8. The second-order valence-electron chi connectivity index (χ2n) is 8.07. The third-order valence-corrected chi connectivity index (χ3v) is 6.15. The van der Waals surface area contributed by atoms with Crippen molar-refractivity contribution in [2.45, 2.75) is 25.8 Å². The lowest BCUT2D eigenvalue weighted by Gasteiger charge is -2.32. The number of rotatable bonds is 5. The third kappa shape index (κ3) is 4.41. The molecule has 4 rings (SSSR count). The average molecular weight is 417 g/mol. The van der Waals surface area contributed by atoms with Gasteiger partial charge in [-0.1, -0.05) is 54.6 Å². The number of methoxy groups -OCH3 is 1. The SMILES string of the molecule is COc1ccc(C(=O)N2CCC(C(=O)NC(C)c3ccccc3)CC2)c2ccccc12. The van der Waals surface area contributed by atoms with Crippen LogP contribution in [-0.2, 0) is 4.79 Å². The summed E-state index contributed by atoms with van der Waals surface area (Å²) >= 11 is 0. The minimum Gasteiger partial charge on any atom is -0.496 e. The van der Waals surface area contributed by atoms with Crippen molar-refractivity contribution in [2.24, 2.45) is 5.92 Å². The molecule has 5 heteroatoms. The number of amides is 2. The van der Waals surface area contributed by atoms with Crippen molar-refractivity contribution in [3.05, 3.63) is 77.9 Å². The van der Waals surface area contributed by atoms with Gasteiger partial charge in [0.1, 0.15) is 5.75 Å². The lowest BCUT2D eigenvalue weighted by atomic mass is 9.94. The molecular weight excluding hydrogens is 388 g/mol. The predicted molar refractivity (Wildman–Crippen MR) is 122 cm³/mol. The minimum absolute atomic E-state index is 0.00960. The Kier molecular flexibility index (Phi) is 6.21. The monoisotopic (exact) mass is 416 g/mol. The van der Waals surface area contributed by atoms with Crippen LogP contribution in [0.3, 0.4) is 0 Å². The van der Waals surface area contributed by atoms with Crippen LogP contribution in [-0.4, -0.2) is 36.9 Å². The summed E-state index contributed by atoms with van der Waals surface area (Å²) < 4.78 is 5.44. The van der Waals surface area contributed by atoms with E-state index in [0.29, 0.717) is 31.5 Å². The van der Waals surface area contributed by atoms with E-state index in [1.165, 1.54) is 0 Å². The summed E-state index contributed by atoms with van der Waals surface area (Å²) in [6, 6.07) is 21.4. The number of nitrogens with one attached hydrogen (secondary N) is 1. The molecule has 5 nitrogen and oxygen atoms in total. The van der Waals surface area contributed by atoms with Gasteiger partial charge in [0.2, 0.25) is 5.91 Å². The van der Waals surface area contributed by atoms with Crippen LogP contribution in [0.1, 0.15) is 41.7 Å². The molecule has 3 aromatic rings. The van der Waals surface area contributed by atoms with E-state index in [1.54, 1.807) is 7.11 Å². The summed E-state index contributed by atoms with van der Waals surface area (Å²) in [6.07, 6.45) is 1.35. The molecule has 1 saturated heterocycles. The van der Waals surface area contributed by atoms with Gasteiger partial charge in [0.15, 0.2) is 0 Å². The van der Waals surface area contributed by atoms with Crippen LogP contribution in [0.2, 0.25) is 0 Å². The number of ether oxygens (including phenoxy) is 1. The van der Waals surface area contributed by atoms with Crippen molar-refractivity contribution >= 4 is 22.6 Å². The van der Waals surface area contributed by atoms with E-state index in [-0.39, 0.29) is 23.8 Å². The zero-order valence-corrected chi connectivity index (χ0v) is 18.0. The van der Waals surface area contributed by atoms with E-state index in [4.69, 9.17) is 4.74 Å². The number of hydrogen-bond donors (Lipinski definition) is 1. The molecule has 0 aromatic heterocycles.